The Morgan fingerprint density at radius 3 is 2.84 bits per heavy atom. The molecule has 0 radical (unpaired) electrons. The number of nitrogens with one attached hydrogen (secondary N) is 1. The van der Waals surface area contributed by atoms with Crippen molar-refractivity contribution in [2.24, 2.45) is 5.41 Å². The molecule has 1 aliphatic carbocycles. The summed E-state index contributed by atoms with van der Waals surface area (Å²) < 4.78 is 18.9. The lowest BCUT2D eigenvalue weighted by Crippen LogP contribution is -2.60. The van der Waals surface area contributed by atoms with Gasteiger partial charge in [0.05, 0.1) is 6.10 Å². The molecule has 106 valence electrons. The van der Waals surface area contributed by atoms with Gasteiger partial charge in [0.1, 0.15) is 5.82 Å². The quantitative estimate of drug-likeness (QED) is 0.889. The van der Waals surface area contributed by atoms with E-state index in [0.29, 0.717) is 23.7 Å². The molecule has 2 rings (SSSR count). The molecule has 2 atom stereocenters. The van der Waals surface area contributed by atoms with Crippen molar-refractivity contribution in [1.82, 2.24) is 5.32 Å². The Morgan fingerprint density at radius 2 is 2.21 bits per heavy atom. The lowest BCUT2D eigenvalue weighted by atomic mass is 9.64. The van der Waals surface area contributed by atoms with Crippen molar-refractivity contribution in [3.05, 3.63) is 34.6 Å². The molecule has 0 amide bonds. The maximum Gasteiger partial charge on any atom is 0.123 e. The van der Waals surface area contributed by atoms with Crippen molar-refractivity contribution >= 4 is 11.6 Å². The van der Waals surface area contributed by atoms with Crippen LogP contribution in [0.1, 0.15) is 32.8 Å². The van der Waals surface area contributed by atoms with Crippen LogP contribution in [0.2, 0.25) is 5.02 Å². The van der Waals surface area contributed by atoms with Gasteiger partial charge >= 0.3 is 0 Å². The zero-order valence-corrected chi connectivity index (χ0v) is 12.4. The predicted molar refractivity (Wildman–Crippen MR) is 75.8 cm³/mol. The third kappa shape index (κ3) is 3.10. The fourth-order valence-corrected chi connectivity index (χ4v) is 2.81. The fourth-order valence-electron chi connectivity index (χ4n) is 2.63. The van der Waals surface area contributed by atoms with Gasteiger partial charge in [0.15, 0.2) is 0 Å². The topological polar surface area (TPSA) is 21.3 Å². The first kappa shape index (κ1) is 14.8. The van der Waals surface area contributed by atoms with E-state index in [-0.39, 0.29) is 11.2 Å². The number of rotatable bonds is 5. The van der Waals surface area contributed by atoms with Crippen LogP contribution in [0.4, 0.5) is 4.39 Å². The first-order valence-electron chi connectivity index (χ1n) is 6.74. The van der Waals surface area contributed by atoms with Crippen LogP contribution < -0.4 is 5.32 Å². The molecule has 1 aliphatic rings. The van der Waals surface area contributed by atoms with Crippen molar-refractivity contribution < 1.29 is 9.13 Å². The molecule has 1 fully saturated rings. The Balaban J connectivity index is 1.92. The number of hydrogen-bond donors (Lipinski definition) is 1. The Morgan fingerprint density at radius 1 is 1.47 bits per heavy atom. The highest BCUT2D eigenvalue weighted by Crippen LogP contribution is 2.42. The second-order valence-corrected chi connectivity index (χ2v) is 6.08. The van der Waals surface area contributed by atoms with Gasteiger partial charge in [-0.2, -0.15) is 0 Å². The summed E-state index contributed by atoms with van der Waals surface area (Å²) in [6, 6.07) is 4.84. The van der Waals surface area contributed by atoms with E-state index in [1.807, 2.05) is 6.92 Å². The van der Waals surface area contributed by atoms with Gasteiger partial charge in [-0.05, 0) is 37.1 Å². The summed E-state index contributed by atoms with van der Waals surface area (Å²) in [5.74, 6) is -0.249. The highest BCUT2D eigenvalue weighted by molar-refractivity contribution is 6.31. The highest BCUT2D eigenvalue weighted by atomic mass is 35.5. The molecule has 1 saturated carbocycles. The minimum absolute atomic E-state index is 0.107. The SMILES string of the molecule is CCOC1CC(NCc2cc(F)ccc2Cl)C1(C)C. The van der Waals surface area contributed by atoms with Crippen molar-refractivity contribution in [1.29, 1.82) is 0 Å². The number of halogens is 2. The van der Waals surface area contributed by atoms with Crippen LogP contribution in [0, 0.1) is 11.2 Å². The van der Waals surface area contributed by atoms with Crippen LogP contribution in [0.15, 0.2) is 18.2 Å². The molecular weight excluding hydrogens is 265 g/mol. The van der Waals surface area contributed by atoms with Gasteiger partial charge in [-0.3, -0.25) is 0 Å². The van der Waals surface area contributed by atoms with Crippen molar-refractivity contribution in [3.8, 4) is 0 Å². The zero-order chi connectivity index (χ0) is 14.0. The molecule has 0 heterocycles. The maximum absolute atomic E-state index is 13.2. The van der Waals surface area contributed by atoms with E-state index in [1.54, 1.807) is 6.07 Å². The normalized spacial score (nSPS) is 25.1. The fraction of sp³-hybridized carbons (Fsp3) is 0.600. The molecule has 2 nitrogen and oxygen atoms in total. The van der Waals surface area contributed by atoms with E-state index in [4.69, 9.17) is 16.3 Å². The van der Waals surface area contributed by atoms with Gasteiger partial charge in [-0.25, -0.2) is 4.39 Å². The summed E-state index contributed by atoms with van der Waals surface area (Å²) in [4.78, 5) is 0. The van der Waals surface area contributed by atoms with Crippen LogP contribution in [0.25, 0.3) is 0 Å². The average molecular weight is 286 g/mol. The Bertz CT molecular complexity index is 450. The first-order chi connectivity index (χ1) is 8.95. The molecule has 0 spiro atoms. The van der Waals surface area contributed by atoms with Gasteiger partial charge in [-0.15, -0.1) is 0 Å². The van der Waals surface area contributed by atoms with Gasteiger partial charge in [0.25, 0.3) is 0 Å². The van der Waals surface area contributed by atoms with Gasteiger partial charge in [-0.1, -0.05) is 25.4 Å². The van der Waals surface area contributed by atoms with Gasteiger partial charge < -0.3 is 10.1 Å². The summed E-state index contributed by atoms with van der Waals surface area (Å²) in [7, 11) is 0. The van der Waals surface area contributed by atoms with E-state index in [0.717, 1.165) is 18.6 Å². The van der Waals surface area contributed by atoms with Gasteiger partial charge in [0, 0.05) is 29.6 Å². The summed E-state index contributed by atoms with van der Waals surface area (Å²) in [6.07, 6.45) is 1.30. The largest absolute Gasteiger partial charge is 0.378 e. The molecule has 1 aromatic carbocycles. The Labute approximate surface area is 119 Å². The van der Waals surface area contributed by atoms with E-state index in [1.165, 1.54) is 12.1 Å². The average Bonchev–Trinajstić information content (AvgIpc) is 2.36. The third-order valence-corrected chi connectivity index (χ3v) is 4.46. The first-order valence-corrected chi connectivity index (χ1v) is 7.12. The van der Waals surface area contributed by atoms with Crippen LogP contribution in [0.5, 0.6) is 0 Å². The summed E-state index contributed by atoms with van der Waals surface area (Å²) in [5, 5.41) is 4.06. The maximum atomic E-state index is 13.2. The smallest absolute Gasteiger partial charge is 0.123 e. The van der Waals surface area contributed by atoms with E-state index < -0.39 is 0 Å². The third-order valence-electron chi connectivity index (χ3n) is 4.09. The van der Waals surface area contributed by atoms with Crippen LogP contribution in [0.3, 0.4) is 0 Å². The number of ether oxygens (including phenoxy) is 1. The van der Waals surface area contributed by atoms with E-state index >= 15 is 0 Å². The van der Waals surface area contributed by atoms with Crippen molar-refractivity contribution in [2.75, 3.05) is 6.61 Å². The summed E-state index contributed by atoms with van der Waals surface area (Å²) in [5.41, 5.74) is 0.910. The van der Waals surface area contributed by atoms with Gasteiger partial charge in [0.2, 0.25) is 0 Å². The zero-order valence-electron chi connectivity index (χ0n) is 11.7. The molecular formula is C15H21ClFNO. The summed E-state index contributed by atoms with van der Waals surface area (Å²) >= 11 is 6.06. The lowest BCUT2D eigenvalue weighted by molar-refractivity contribution is -0.114. The van der Waals surface area contributed by atoms with E-state index in [2.05, 4.69) is 19.2 Å². The van der Waals surface area contributed by atoms with E-state index in [9.17, 15) is 4.39 Å². The summed E-state index contributed by atoms with van der Waals surface area (Å²) in [6.45, 7) is 7.74. The number of hydrogen-bond acceptors (Lipinski definition) is 2. The Kier molecular flexibility index (Phi) is 4.49. The molecule has 0 aliphatic heterocycles. The molecule has 1 aromatic rings. The van der Waals surface area contributed by atoms with Crippen molar-refractivity contribution in [2.45, 2.75) is 45.9 Å². The molecule has 0 aromatic heterocycles. The molecule has 0 saturated heterocycles. The Hall–Kier alpha value is -0.640. The standard InChI is InChI=1S/C15H21ClFNO/c1-4-19-14-8-13(15(14,2)3)18-9-10-7-11(17)5-6-12(10)16/h5-7,13-14,18H,4,8-9H2,1-3H3. The molecule has 19 heavy (non-hydrogen) atoms. The lowest BCUT2D eigenvalue weighted by Gasteiger charge is -2.52. The monoisotopic (exact) mass is 285 g/mol. The van der Waals surface area contributed by atoms with Crippen LogP contribution in [-0.4, -0.2) is 18.8 Å². The predicted octanol–water partition coefficient (Wildman–Crippen LogP) is 3.77. The molecule has 0 bridgehead atoms. The van der Waals surface area contributed by atoms with Crippen LogP contribution in [-0.2, 0) is 11.3 Å². The second-order valence-electron chi connectivity index (χ2n) is 5.67. The molecule has 1 N–H and O–H groups in total. The van der Waals surface area contributed by atoms with Crippen LogP contribution >= 0.6 is 11.6 Å². The second kappa shape index (κ2) is 5.78. The minimum atomic E-state index is -0.249. The molecule has 4 heteroatoms. The number of benzene rings is 1. The highest BCUT2D eigenvalue weighted by Gasteiger charge is 2.48. The van der Waals surface area contributed by atoms with Crippen molar-refractivity contribution in [3.63, 3.8) is 0 Å². The minimum Gasteiger partial charge on any atom is -0.378 e. The molecule has 2 unspecified atom stereocenters.